The summed E-state index contributed by atoms with van der Waals surface area (Å²) in [6.07, 6.45) is -0.651. The van der Waals surface area contributed by atoms with Crippen LogP contribution in [0.25, 0.3) is 0 Å². The highest BCUT2D eigenvalue weighted by molar-refractivity contribution is 6.22. The van der Waals surface area contributed by atoms with Gasteiger partial charge in [0.05, 0.1) is 12.0 Å². The van der Waals surface area contributed by atoms with Crippen LogP contribution < -0.4 is 0 Å². The second-order valence-corrected chi connectivity index (χ2v) is 2.45. The van der Waals surface area contributed by atoms with E-state index in [0.29, 0.717) is 0 Å². The summed E-state index contributed by atoms with van der Waals surface area (Å²) in [6.45, 7) is 4.87. The highest BCUT2D eigenvalue weighted by atomic mass is 35.5. The van der Waals surface area contributed by atoms with Gasteiger partial charge in [-0.1, -0.05) is 6.58 Å². The molecular weight excluding hydrogens is 168 g/mol. The van der Waals surface area contributed by atoms with Crippen LogP contribution in [0.3, 0.4) is 0 Å². The molecule has 0 amide bonds. The van der Waals surface area contributed by atoms with E-state index in [1.165, 1.54) is 6.92 Å². The van der Waals surface area contributed by atoms with Crippen molar-refractivity contribution in [2.24, 2.45) is 0 Å². The molecule has 1 N–H and O–H groups in total. The molecule has 0 saturated carbocycles. The van der Waals surface area contributed by atoms with Gasteiger partial charge in [0.1, 0.15) is 6.61 Å². The van der Waals surface area contributed by atoms with Crippen molar-refractivity contribution in [3.05, 3.63) is 12.2 Å². The molecule has 64 valence electrons. The summed E-state index contributed by atoms with van der Waals surface area (Å²) < 4.78 is 4.58. The van der Waals surface area contributed by atoms with Crippen molar-refractivity contribution in [3.63, 3.8) is 0 Å². The van der Waals surface area contributed by atoms with Crippen molar-refractivity contribution in [2.45, 2.75) is 13.0 Å². The molecule has 0 aliphatic heterocycles. The maximum atomic E-state index is 10.8. The molecule has 3 nitrogen and oxygen atoms in total. The van der Waals surface area contributed by atoms with Gasteiger partial charge in [-0.3, -0.25) is 0 Å². The van der Waals surface area contributed by atoms with E-state index in [4.69, 9.17) is 16.7 Å². The molecule has 0 fully saturated rings. The molecule has 0 aliphatic carbocycles. The number of aliphatic hydroxyl groups is 1. The summed E-state index contributed by atoms with van der Waals surface area (Å²) >= 11 is 5.30. The van der Waals surface area contributed by atoms with E-state index in [2.05, 4.69) is 11.3 Å². The Kier molecular flexibility index (Phi) is 4.90. The van der Waals surface area contributed by atoms with E-state index in [9.17, 15) is 4.79 Å². The Morgan fingerprint density at radius 2 is 2.36 bits per heavy atom. The Hall–Kier alpha value is -0.540. The van der Waals surface area contributed by atoms with Crippen LogP contribution in [0.2, 0.25) is 0 Å². The zero-order chi connectivity index (χ0) is 8.85. The van der Waals surface area contributed by atoms with Gasteiger partial charge >= 0.3 is 5.97 Å². The van der Waals surface area contributed by atoms with E-state index in [-0.39, 0.29) is 18.1 Å². The zero-order valence-corrected chi connectivity index (χ0v) is 7.10. The Bertz CT molecular complexity index is 154. The topological polar surface area (TPSA) is 46.5 Å². The van der Waals surface area contributed by atoms with Crippen molar-refractivity contribution >= 4 is 17.6 Å². The first kappa shape index (κ1) is 10.5. The fraction of sp³-hybridized carbons (Fsp3) is 0.571. The van der Waals surface area contributed by atoms with Gasteiger partial charge in [-0.2, -0.15) is 0 Å². The van der Waals surface area contributed by atoms with Crippen molar-refractivity contribution in [1.82, 2.24) is 0 Å². The fourth-order valence-electron chi connectivity index (χ4n) is 0.353. The van der Waals surface area contributed by atoms with Crippen LogP contribution in [-0.4, -0.2) is 29.7 Å². The van der Waals surface area contributed by atoms with E-state index in [1.54, 1.807) is 0 Å². The van der Waals surface area contributed by atoms with Gasteiger partial charge in [-0.25, -0.2) is 4.79 Å². The molecule has 0 aromatic heterocycles. The summed E-state index contributed by atoms with van der Waals surface area (Å²) in [4.78, 5) is 10.8. The molecule has 0 aromatic carbocycles. The largest absolute Gasteiger partial charge is 0.460 e. The minimum Gasteiger partial charge on any atom is -0.460 e. The van der Waals surface area contributed by atoms with Gasteiger partial charge in [0.15, 0.2) is 0 Å². The number of esters is 1. The average molecular weight is 179 g/mol. The summed E-state index contributed by atoms with van der Waals surface area (Å²) in [5.41, 5.74) is 0.201. The normalized spacial score (nSPS) is 12.3. The summed E-state index contributed by atoms with van der Waals surface area (Å²) in [5.74, 6) is -0.501. The number of hydrogen-bond acceptors (Lipinski definition) is 3. The highest BCUT2D eigenvalue weighted by Gasteiger charge is 2.07. The number of aliphatic hydroxyl groups excluding tert-OH is 1. The fourth-order valence-corrected chi connectivity index (χ4v) is 0.462. The molecule has 0 rings (SSSR count). The lowest BCUT2D eigenvalue weighted by Gasteiger charge is -2.05. The van der Waals surface area contributed by atoms with Crippen LogP contribution in [0.5, 0.6) is 0 Å². The third kappa shape index (κ3) is 4.81. The Labute approximate surface area is 70.6 Å². The molecule has 0 aromatic rings. The lowest BCUT2D eigenvalue weighted by Crippen LogP contribution is -2.16. The summed E-state index contributed by atoms with van der Waals surface area (Å²) in [7, 11) is 0. The molecule has 4 heteroatoms. The number of ether oxygens (including phenoxy) is 1. The smallest absolute Gasteiger partial charge is 0.334 e. The predicted octanol–water partition coefficient (Wildman–Crippen LogP) is 0.705. The summed E-state index contributed by atoms with van der Waals surface area (Å²) in [6, 6.07) is 0. The van der Waals surface area contributed by atoms with Crippen LogP contribution in [0.15, 0.2) is 12.2 Å². The maximum absolute atomic E-state index is 10.8. The minimum atomic E-state index is -0.651. The lowest BCUT2D eigenvalue weighted by atomic mass is 10.3. The number of carbonyl (C=O) groups excluding carboxylic acids is 1. The first-order valence-corrected chi connectivity index (χ1v) is 3.70. The number of hydrogen-bond donors (Lipinski definition) is 1. The van der Waals surface area contributed by atoms with Crippen molar-refractivity contribution in [1.29, 1.82) is 0 Å². The quantitative estimate of drug-likeness (QED) is 0.392. The van der Waals surface area contributed by atoms with E-state index in [1.807, 2.05) is 0 Å². The second kappa shape index (κ2) is 5.16. The molecule has 11 heavy (non-hydrogen) atoms. The minimum absolute atomic E-state index is 0.0191. The maximum Gasteiger partial charge on any atom is 0.334 e. The molecular formula is C7H11ClO3. The second-order valence-electron chi connectivity index (χ2n) is 2.18. The number of halogens is 1. The molecule has 0 bridgehead atoms. The van der Waals surface area contributed by atoms with Crippen LogP contribution in [0.1, 0.15) is 6.92 Å². The van der Waals surface area contributed by atoms with Crippen molar-refractivity contribution in [2.75, 3.05) is 12.5 Å². The number of carbonyl (C=O) groups is 1. The zero-order valence-electron chi connectivity index (χ0n) is 6.34. The van der Waals surface area contributed by atoms with Gasteiger partial charge in [0.25, 0.3) is 0 Å². The molecule has 0 spiro atoms. The van der Waals surface area contributed by atoms with E-state index >= 15 is 0 Å². The van der Waals surface area contributed by atoms with Gasteiger partial charge in [-0.15, -0.1) is 11.6 Å². The van der Waals surface area contributed by atoms with E-state index in [0.717, 1.165) is 0 Å². The number of alkyl halides is 1. The molecule has 0 aliphatic rings. The summed E-state index contributed by atoms with van der Waals surface area (Å²) in [5, 5.41) is 8.72. The van der Waals surface area contributed by atoms with Crippen LogP contribution in [-0.2, 0) is 9.53 Å². The molecule has 1 unspecified atom stereocenters. The lowest BCUT2D eigenvalue weighted by molar-refractivity contribution is -0.141. The monoisotopic (exact) mass is 178 g/mol. The predicted molar refractivity (Wildman–Crippen MR) is 42.5 cm³/mol. The van der Waals surface area contributed by atoms with Gasteiger partial charge < -0.3 is 9.84 Å². The van der Waals surface area contributed by atoms with Gasteiger partial charge in [-0.05, 0) is 6.92 Å². The Morgan fingerprint density at radius 3 is 2.73 bits per heavy atom. The third-order valence-electron chi connectivity index (χ3n) is 0.906. The standard InChI is InChI=1S/C7H11ClO3/c1-5(3-8)7(10)11-4-6(2)9/h6,9H,1,3-4H2,2H3. The van der Waals surface area contributed by atoms with Gasteiger partial charge in [0.2, 0.25) is 0 Å². The van der Waals surface area contributed by atoms with Crippen molar-refractivity contribution < 1.29 is 14.6 Å². The third-order valence-corrected chi connectivity index (χ3v) is 1.23. The van der Waals surface area contributed by atoms with E-state index < -0.39 is 12.1 Å². The molecule has 0 saturated heterocycles. The SMILES string of the molecule is C=C(CCl)C(=O)OCC(C)O. The molecule has 0 radical (unpaired) electrons. The number of rotatable bonds is 4. The molecule has 1 atom stereocenters. The Morgan fingerprint density at radius 1 is 1.82 bits per heavy atom. The van der Waals surface area contributed by atoms with Crippen LogP contribution in [0.4, 0.5) is 0 Å². The highest BCUT2D eigenvalue weighted by Crippen LogP contribution is 1.97. The van der Waals surface area contributed by atoms with Crippen LogP contribution >= 0.6 is 11.6 Å². The first-order chi connectivity index (χ1) is 5.07. The van der Waals surface area contributed by atoms with Crippen molar-refractivity contribution in [3.8, 4) is 0 Å². The first-order valence-electron chi connectivity index (χ1n) is 3.17. The van der Waals surface area contributed by atoms with Crippen LogP contribution in [0, 0.1) is 0 Å². The Balaban J connectivity index is 3.61. The molecule has 0 heterocycles. The average Bonchev–Trinajstić information content (AvgIpc) is 1.98. The van der Waals surface area contributed by atoms with Gasteiger partial charge in [0, 0.05) is 5.57 Å².